The second-order valence-electron chi connectivity index (χ2n) is 4.32. The van der Waals surface area contributed by atoms with E-state index in [1.54, 1.807) is 11.8 Å². The summed E-state index contributed by atoms with van der Waals surface area (Å²) in [6.07, 6.45) is 0. The lowest BCUT2D eigenvalue weighted by molar-refractivity contribution is 0.902. The largest absolute Gasteiger partial charge is 0.363 e. The van der Waals surface area contributed by atoms with E-state index >= 15 is 0 Å². The van der Waals surface area contributed by atoms with Crippen molar-refractivity contribution in [2.75, 3.05) is 19.0 Å². The smallest absolute Gasteiger partial charge is 0.190 e. The van der Waals surface area contributed by atoms with Crippen LogP contribution in [0, 0.1) is 6.92 Å². The highest BCUT2D eigenvalue weighted by Crippen LogP contribution is 2.21. The summed E-state index contributed by atoms with van der Waals surface area (Å²) in [5.74, 6) is 1.86. The van der Waals surface area contributed by atoms with Gasteiger partial charge in [-0.1, -0.05) is 42.1 Å². The lowest BCUT2D eigenvalue weighted by atomic mass is 10.2. The minimum Gasteiger partial charge on any atom is -0.363 e. The third-order valence-corrected chi connectivity index (χ3v) is 3.41. The van der Waals surface area contributed by atoms with Gasteiger partial charge in [-0.15, -0.1) is 0 Å². The monoisotopic (exact) mass is 259 g/mol. The number of hydrogen-bond acceptors (Lipinski definition) is 4. The van der Waals surface area contributed by atoms with Crippen molar-refractivity contribution in [1.82, 2.24) is 9.97 Å². The molecule has 1 aromatic carbocycles. The average Bonchev–Trinajstić information content (AvgIpc) is 2.37. The summed E-state index contributed by atoms with van der Waals surface area (Å²) < 4.78 is 0. The van der Waals surface area contributed by atoms with Crippen LogP contribution in [-0.2, 0) is 5.75 Å². The van der Waals surface area contributed by atoms with E-state index in [2.05, 4.69) is 34.2 Å². The number of benzene rings is 1. The highest BCUT2D eigenvalue weighted by atomic mass is 32.2. The van der Waals surface area contributed by atoms with Crippen LogP contribution in [0.3, 0.4) is 0 Å². The number of anilines is 1. The van der Waals surface area contributed by atoms with Gasteiger partial charge < -0.3 is 4.90 Å². The van der Waals surface area contributed by atoms with Gasteiger partial charge in [-0.2, -0.15) is 0 Å². The van der Waals surface area contributed by atoms with E-state index in [0.717, 1.165) is 22.4 Å². The Kier molecular flexibility index (Phi) is 4.20. The van der Waals surface area contributed by atoms with Gasteiger partial charge >= 0.3 is 0 Å². The van der Waals surface area contributed by atoms with Gasteiger partial charge in [0.25, 0.3) is 0 Å². The number of thioether (sulfide) groups is 1. The molecule has 0 unspecified atom stereocenters. The molecule has 1 heterocycles. The Morgan fingerprint density at radius 3 is 2.50 bits per heavy atom. The second kappa shape index (κ2) is 5.87. The molecule has 4 heteroatoms. The Balaban J connectivity index is 2.10. The van der Waals surface area contributed by atoms with Crippen molar-refractivity contribution in [1.29, 1.82) is 0 Å². The van der Waals surface area contributed by atoms with Crippen LogP contribution in [0.2, 0.25) is 0 Å². The molecule has 2 rings (SSSR count). The lowest BCUT2D eigenvalue weighted by Gasteiger charge is -2.12. The highest BCUT2D eigenvalue weighted by molar-refractivity contribution is 7.98. The minimum absolute atomic E-state index is 0.836. The molecule has 0 aliphatic carbocycles. The molecule has 0 atom stereocenters. The van der Waals surface area contributed by atoms with Gasteiger partial charge in [0.1, 0.15) is 5.82 Å². The predicted octanol–water partition coefficient (Wildman–Crippen LogP) is 3.14. The Morgan fingerprint density at radius 1 is 1.11 bits per heavy atom. The van der Waals surface area contributed by atoms with Gasteiger partial charge in [0.05, 0.1) is 0 Å². The molecule has 18 heavy (non-hydrogen) atoms. The summed E-state index contributed by atoms with van der Waals surface area (Å²) in [5, 5.41) is 0.836. The van der Waals surface area contributed by atoms with E-state index in [-0.39, 0.29) is 0 Å². The zero-order valence-electron chi connectivity index (χ0n) is 10.9. The number of aromatic nitrogens is 2. The van der Waals surface area contributed by atoms with Crippen LogP contribution >= 0.6 is 11.8 Å². The summed E-state index contributed by atoms with van der Waals surface area (Å²) in [6, 6.07) is 12.4. The third kappa shape index (κ3) is 3.47. The third-order valence-electron chi connectivity index (χ3n) is 2.49. The standard InChI is InChI=1S/C14H17N3S/c1-11-9-13(17(2)3)16-14(15-11)18-10-12-7-5-4-6-8-12/h4-9H,10H2,1-3H3. The first-order valence-electron chi connectivity index (χ1n) is 5.85. The molecular formula is C14H17N3S. The quantitative estimate of drug-likeness (QED) is 0.623. The summed E-state index contributed by atoms with van der Waals surface area (Å²) in [5.41, 5.74) is 2.29. The van der Waals surface area contributed by atoms with Crippen molar-refractivity contribution in [2.24, 2.45) is 0 Å². The number of nitrogens with zero attached hydrogens (tertiary/aromatic N) is 3. The van der Waals surface area contributed by atoms with E-state index < -0.39 is 0 Å². The molecule has 0 fully saturated rings. The summed E-state index contributed by atoms with van der Waals surface area (Å²) in [6.45, 7) is 2.00. The molecule has 0 aliphatic heterocycles. The van der Waals surface area contributed by atoms with Crippen molar-refractivity contribution in [3.8, 4) is 0 Å². The number of hydrogen-bond donors (Lipinski definition) is 0. The van der Waals surface area contributed by atoms with Crippen LogP contribution in [0.15, 0.2) is 41.6 Å². The van der Waals surface area contributed by atoms with Gasteiger partial charge in [0.15, 0.2) is 5.16 Å². The lowest BCUT2D eigenvalue weighted by Crippen LogP contribution is -2.11. The van der Waals surface area contributed by atoms with E-state index in [0.29, 0.717) is 0 Å². The van der Waals surface area contributed by atoms with Gasteiger partial charge in [0.2, 0.25) is 0 Å². The molecule has 0 saturated carbocycles. The molecule has 2 aromatic rings. The molecule has 0 radical (unpaired) electrons. The predicted molar refractivity (Wildman–Crippen MR) is 77.1 cm³/mol. The second-order valence-corrected chi connectivity index (χ2v) is 5.26. The molecule has 0 bridgehead atoms. The summed E-state index contributed by atoms with van der Waals surface area (Å²) in [4.78, 5) is 11.0. The first kappa shape index (κ1) is 12.9. The Labute approximate surface area is 112 Å². The first-order chi connectivity index (χ1) is 8.65. The fourth-order valence-corrected chi connectivity index (χ4v) is 2.40. The average molecular weight is 259 g/mol. The Morgan fingerprint density at radius 2 is 1.83 bits per heavy atom. The van der Waals surface area contributed by atoms with Crippen molar-refractivity contribution in [3.05, 3.63) is 47.7 Å². The van der Waals surface area contributed by atoms with Crippen molar-refractivity contribution < 1.29 is 0 Å². The molecule has 0 N–H and O–H groups in total. The maximum Gasteiger partial charge on any atom is 0.190 e. The summed E-state index contributed by atoms with van der Waals surface area (Å²) >= 11 is 1.67. The van der Waals surface area contributed by atoms with Crippen molar-refractivity contribution >= 4 is 17.6 Å². The fourth-order valence-electron chi connectivity index (χ4n) is 1.54. The molecular weight excluding hydrogens is 242 g/mol. The fraction of sp³-hybridized carbons (Fsp3) is 0.286. The van der Waals surface area contributed by atoms with E-state index in [4.69, 9.17) is 0 Å². The Bertz CT molecular complexity index is 512. The van der Waals surface area contributed by atoms with Crippen molar-refractivity contribution in [2.45, 2.75) is 17.8 Å². The van der Waals surface area contributed by atoms with E-state index in [1.807, 2.05) is 38.1 Å². The van der Waals surface area contributed by atoms with Crippen molar-refractivity contribution in [3.63, 3.8) is 0 Å². The molecule has 0 aliphatic rings. The van der Waals surface area contributed by atoms with E-state index in [1.165, 1.54) is 5.56 Å². The maximum atomic E-state index is 4.53. The van der Waals surface area contributed by atoms with Crippen LogP contribution in [0.1, 0.15) is 11.3 Å². The summed E-state index contributed by atoms with van der Waals surface area (Å²) in [7, 11) is 3.99. The topological polar surface area (TPSA) is 29.0 Å². The zero-order chi connectivity index (χ0) is 13.0. The highest BCUT2D eigenvalue weighted by Gasteiger charge is 2.04. The van der Waals surface area contributed by atoms with Crippen LogP contribution in [0.5, 0.6) is 0 Å². The van der Waals surface area contributed by atoms with E-state index in [9.17, 15) is 0 Å². The molecule has 0 saturated heterocycles. The van der Waals surface area contributed by atoms with Crippen LogP contribution in [-0.4, -0.2) is 24.1 Å². The number of rotatable bonds is 4. The molecule has 0 amide bonds. The van der Waals surface area contributed by atoms with Gasteiger partial charge in [-0.05, 0) is 12.5 Å². The van der Waals surface area contributed by atoms with Crippen LogP contribution in [0.4, 0.5) is 5.82 Å². The van der Waals surface area contributed by atoms with Crippen LogP contribution in [0.25, 0.3) is 0 Å². The van der Waals surface area contributed by atoms with Gasteiger partial charge in [-0.25, -0.2) is 9.97 Å². The number of aryl methyl sites for hydroxylation is 1. The van der Waals surface area contributed by atoms with Gasteiger partial charge in [0, 0.05) is 31.6 Å². The van der Waals surface area contributed by atoms with Crippen LogP contribution < -0.4 is 4.90 Å². The maximum absolute atomic E-state index is 4.53. The molecule has 0 spiro atoms. The SMILES string of the molecule is Cc1cc(N(C)C)nc(SCc2ccccc2)n1. The first-order valence-corrected chi connectivity index (χ1v) is 6.83. The zero-order valence-corrected chi connectivity index (χ0v) is 11.7. The molecule has 1 aromatic heterocycles. The minimum atomic E-state index is 0.836. The Hall–Kier alpha value is -1.55. The molecule has 94 valence electrons. The normalized spacial score (nSPS) is 10.4. The van der Waals surface area contributed by atoms with Gasteiger partial charge in [-0.3, -0.25) is 0 Å². The molecule has 3 nitrogen and oxygen atoms in total.